The minimum Gasteiger partial charge on any atom is -0.385 e. The lowest BCUT2D eigenvalue weighted by atomic mass is 9.87. The fourth-order valence-electron chi connectivity index (χ4n) is 1.76. The summed E-state index contributed by atoms with van der Waals surface area (Å²) in [6.45, 7) is 4.96. The van der Waals surface area contributed by atoms with Crippen LogP contribution in [0.4, 0.5) is 0 Å². The van der Waals surface area contributed by atoms with Gasteiger partial charge in [0.2, 0.25) is 0 Å². The number of ether oxygens (including phenoxy) is 1. The van der Waals surface area contributed by atoms with Crippen molar-refractivity contribution < 1.29 is 4.74 Å². The van der Waals surface area contributed by atoms with E-state index in [9.17, 15) is 0 Å². The van der Waals surface area contributed by atoms with Gasteiger partial charge in [-0.05, 0) is 12.3 Å². The molecule has 0 radical (unpaired) electrons. The van der Waals surface area contributed by atoms with Crippen LogP contribution in [0.1, 0.15) is 52.4 Å². The van der Waals surface area contributed by atoms with Crippen molar-refractivity contribution in [2.45, 2.75) is 52.4 Å². The van der Waals surface area contributed by atoms with Gasteiger partial charge in [0, 0.05) is 13.7 Å². The summed E-state index contributed by atoms with van der Waals surface area (Å²) < 4.78 is 5.04. The standard InChI is InChI=1S/C9H18O.C2H6/c1-10-8-7-9-5-3-2-4-6-9;1-2/h9H,2-8H2,1H3;1-2H3. The molecular weight excluding hydrogens is 148 g/mol. The highest BCUT2D eigenvalue weighted by Gasteiger charge is 2.11. The second kappa shape index (κ2) is 9.05. The van der Waals surface area contributed by atoms with E-state index in [1.165, 1.54) is 38.5 Å². The average Bonchev–Trinajstić information content (AvgIpc) is 2.19. The molecule has 0 unspecified atom stereocenters. The smallest absolute Gasteiger partial charge is 0.0464 e. The maximum atomic E-state index is 5.04. The number of hydrogen-bond donors (Lipinski definition) is 0. The largest absolute Gasteiger partial charge is 0.385 e. The first-order valence-electron chi connectivity index (χ1n) is 5.42. The molecule has 0 aromatic rings. The maximum Gasteiger partial charge on any atom is 0.0464 e. The highest BCUT2D eigenvalue weighted by atomic mass is 16.5. The molecule has 0 amide bonds. The number of methoxy groups -OCH3 is 1. The average molecular weight is 172 g/mol. The molecular formula is C11H24O. The van der Waals surface area contributed by atoms with E-state index in [1.54, 1.807) is 7.11 Å². The van der Waals surface area contributed by atoms with Crippen LogP contribution in [0, 0.1) is 5.92 Å². The lowest BCUT2D eigenvalue weighted by Crippen LogP contribution is -2.08. The van der Waals surface area contributed by atoms with Gasteiger partial charge in [0.05, 0.1) is 0 Å². The minimum absolute atomic E-state index is 0.963. The Hall–Kier alpha value is -0.0400. The van der Waals surface area contributed by atoms with Crippen LogP contribution in [-0.4, -0.2) is 13.7 Å². The maximum absolute atomic E-state index is 5.04. The minimum atomic E-state index is 0.963. The van der Waals surface area contributed by atoms with E-state index < -0.39 is 0 Å². The van der Waals surface area contributed by atoms with E-state index in [0.29, 0.717) is 0 Å². The monoisotopic (exact) mass is 172 g/mol. The molecule has 0 atom stereocenters. The summed E-state index contributed by atoms with van der Waals surface area (Å²) in [4.78, 5) is 0. The van der Waals surface area contributed by atoms with E-state index in [2.05, 4.69) is 0 Å². The number of rotatable bonds is 3. The summed E-state index contributed by atoms with van der Waals surface area (Å²) in [7, 11) is 1.79. The van der Waals surface area contributed by atoms with Gasteiger partial charge in [-0.1, -0.05) is 46.0 Å². The molecule has 1 fully saturated rings. The van der Waals surface area contributed by atoms with Gasteiger partial charge in [-0.3, -0.25) is 0 Å². The highest BCUT2D eigenvalue weighted by Crippen LogP contribution is 2.25. The van der Waals surface area contributed by atoms with E-state index in [0.717, 1.165) is 12.5 Å². The molecule has 0 heterocycles. The van der Waals surface area contributed by atoms with Crippen molar-refractivity contribution in [1.82, 2.24) is 0 Å². The third kappa shape index (κ3) is 5.59. The lowest BCUT2D eigenvalue weighted by Gasteiger charge is -2.20. The van der Waals surface area contributed by atoms with Crippen molar-refractivity contribution in [2.24, 2.45) is 5.92 Å². The molecule has 12 heavy (non-hydrogen) atoms. The Bertz CT molecular complexity index is 75.1. The predicted octanol–water partition coefficient (Wildman–Crippen LogP) is 3.63. The van der Waals surface area contributed by atoms with Crippen molar-refractivity contribution in [3.8, 4) is 0 Å². The zero-order chi connectivity index (χ0) is 9.23. The van der Waals surface area contributed by atoms with E-state index >= 15 is 0 Å². The first-order chi connectivity index (χ1) is 5.93. The molecule has 0 saturated heterocycles. The molecule has 1 aliphatic rings. The highest BCUT2D eigenvalue weighted by molar-refractivity contribution is 4.64. The van der Waals surface area contributed by atoms with E-state index in [1.807, 2.05) is 13.8 Å². The molecule has 1 nitrogen and oxygen atoms in total. The molecule has 0 aromatic heterocycles. The molecule has 1 heteroatoms. The first-order valence-corrected chi connectivity index (χ1v) is 5.42. The quantitative estimate of drug-likeness (QED) is 0.631. The molecule has 0 N–H and O–H groups in total. The topological polar surface area (TPSA) is 9.23 Å². The summed E-state index contributed by atoms with van der Waals surface area (Å²) in [6.07, 6.45) is 8.55. The third-order valence-electron chi connectivity index (χ3n) is 2.45. The van der Waals surface area contributed by atoms with Crippen molar-refractivity contribution in [3.63, 3.8) is 0 Å². The fourth-order valence-corrected chi connectivity index (χ4v) is 1.76. The third-order valence-corrected chi connectivity index (χ3v) is 2.45. The van der Waals surface area contributed by atoms with Gasteiger partial charge in [0.15, 0.2) is 0 Å². The van der Waals surface area contributed by atoms with E-state index in [4.69, 9.17) is 4.74 Å². The van der Waals surface area contributed by atoms with Crippen LogP contribution in [0.15, 0.2) is 0 Å². The van der Waals surface area contributed by atoms with Gasteiger partial charge < -0.3 is 4.74 Å². The SMILES string of the molecule is CC.COCCC1CCCCC1. The van der Waals surface area contributed by atoms with Gasteiger partial charge in [-0.25, -0.2) is 0 Å². The summed E-state index contributed by atoms with van der Waals surface area (Å²) in [5.41, 5.74) is 0. The summed E-state index contributed by atoms with van der Waals surface area (Å²) in [6, 6.07) is 0. The summed E-state index contributed by atoms with van der Waals surface area (Å²) >= 11 is 0. The Morgan fingerprint density at radius 2 is 1.67 bits per heavy atom. The molecule has 0 aromatic carbocycles. The Morgan fingerprint density at radius 3 is 2.17 bits per heavy atom. The van der Waals surface area contributed by atoms with Gasteiger partial charge in [-0.15, -0.1) is 0 Å². The van der Waals surface area contributed by atoms with Crippen LogP contribution in [0.2, 0.25) is 0 Å². The van der Waals surface area contributed by atoms with Crippen LogP contribution in [0.5, 0.6) is 0 Å². The van der Waals surface area contributed by atoms with Crippen molar-refractivity contribution in [2.75, 3.05) is 13.7 Å². The molecule has 1 saturated carbocycles. The number of hydrogen-bond acceptors (Lipinski definition) is 1. The van der Waals surface area contributed by atoms with Crippen LogP contribution in [0.3, 0.4) is 0 Å². The Kier molecular flexibility index (Phi) is 9.02. The van der Waals surface area contributed by atoms with Crippen LogP contribution < -0.4 is 0 Å². The Balaban J connectivity index is 0.000000561. The summed E-state index contributed by atoms with van der Waals surface area (Å²) in [5.74, 6) is 0.980. The van der Waals surface area contributed by atoms with Gasteiger partial charge >= 0.3 is 0 Å². The van der Waals surface area contributed by atoms with E-state index in [-0.39, 0.29) is 0 Å². The zero-order valence-corrected chi connectivity index (χ0v) is 8.94. The second-order valence-corrected chi connectivity index (χ2v) is 3.29. The van der Waals surface area contributed by atoms with Crippen molar-refractivity contribution >= 4 is 0 Å². The molecule has 74 valence electrons. The van der Waals surface area contributed by atoms with Gasteiger partial charge in [0.1, 0.15) is 0 Å². The second-order valence-electron chi connectivity index (χ2n) is 3.29. The molecule has 0 bridgehead atoms. The fraction of sp³-hybridized carbons (Fsp3) is 1.00. The van der Waals surface area contributed by atoms with Crippen molar-refractivity contribution in [3.05, 3.63) is 0 Å². The molecule has 0 spiro atoms. The van der Waals surface area contributed by atoms with Crippen molar-refractivity contribution in [1.29, 1.82) is 0 Å². The molecule has 0 aliphatic heterocycles. The summed E-state index contributed by atoms with van der Waals surface area (Å²) in [5, 5.41) is 0. The van der Waals surface area contributed by atoms with Gasteiger partial charge in [-0.2, -0.15) is 0 Å². The van der Waals surface area contributed by atoms with Crippen LogP contribution >= 0.6 is 0 Å². The molecule has 1 rings (SSSR count). The van der Waals surface area contributed by atoms with Crippen LogP contribution in [0.25, 0.3) is 0 Å². The Labute approximate surface area is 77.5 Å². The van der Waals surface area contributed by atoms with Crippen LogP contribution in [-0.2, 0) is 4.74 Å². The lowest BCUT2D eigenvalue weighted by molar-refractivity contribution is 0.166. The normalized spacial score (nSPS) is 18.2. The van der Waals surface area contributed by atoms with Gasteiger partial charge in [0.25, 0.3) is 0 Å². The predicted molar refractivity (Wildman–Crippen MR) is 54.4 cm³/mol. The first kappa shape index (κ1) is 12.0. The Morgan fingerprint density at radius 1 is 1.08 bits per heavy atom. The molecule has 1 aliphatic carbocycles. The zero-order valence-electron chi connectivity index (χ0n) is 8.94.